The maximum absolute atomic E-state index is 11.6. The number of likely N-dealkylation sites (N-methyl/N-ethyl adjacent to an activating group) is 2. The van der Waals surface area contributed by atoms with Gasteiger partial charge in [0, 0.05) is 36.8 Å². The molecule has 4 bridgehead atoms. The van der Waals surface area contributed by atoms with Crippen molar-refractivity contribution in [1.82, 2.24) is 9.80 Å². The Morgan fingerprint density at radius 1 is 0.822 bits per heavy atom. The zero-order valence-electron chi connectivity index (χ0n) is 26.8. The summed E-state index contributed by atoms with van der Waals surface area (Å²) in [5, 5.41) is 11.6. The van der Waals surface area contributed by atoms with E-state index in [-0.39, 0.29) is 17.8 Å². The summed E-state index contributed by atoms with van der Waals surface area (Å²) < 4.78 is 30.2. The fourth-order valence-electron chi connectivity index (χ4n) is 6.73. The van der Waals surface area contributed by atoms with Gasteiger partial charge in [-0.25, -0.2) is 0 Å². The average molecular weight is 611 g/mol. The first kappa shape index (κ1) is 30.6. The molecule has 0 fully saturated rings. The van der Waals surface area contributed by atoms with Gasteiger partial charge in [-0.3, -0.25) is 9.80 Å². The third-order valence-electron chi connectivity index (χ3n) is 9.32. The smallest absolute Gasteiger partial charge is 0.284 e. The van der Waals surface area contributed by atoms with Gasteiger partial charge in [-0.15, -0.1) is 0 Å². The van der Waals surface area contributed by atoms with Gasteiger partial charge in [-0.1, -0.05) is 30.9 Å². The zero-order chi connectivity index (χ0) is 31.7. The number of hydrogen-bond donors (Lipinski definition) is 1. The van der Waals surface area contributed by atoms with E-state index in [2.05, 4.69) is 48.7 Å². The van der Waals surface area contributed by atoms with Gasteiger partial charge >= 0.3 is 0 Å². The molecule has 7 rings (SSSR count). The number of phenols is 1. The Morgan fingerprint density at radius 3 is 2.22 bits per heavy atom. The first-order chi connectivity index (χ1) is 21.8. The van der Waals surface area contributed by atoms with Crippen LogP contribution >= 0.6 is 0 Å². The summed E-state index contributed by atoms with van der Waals surface area (Å²) in [6.07, 6.45) is 6.95. The van der Waals surface area contributed by atoms with Crippen molar-refractivity contribution in [2.75, 3.05) is 48.5 Å². The minimum absolute atomic E-state index is 0.0506. The zero-order valence-corrected chi connectivity index (χ0v) is 26.8. The molecule has 2 atom stereocenters. The van der Waals surface area contributed by atoms with E-state index in [1.807, 2.05) is 42.5 Å². The van der Waals surface area contributed by atoms with Gasteiger partial charge in [0.05, 0.1) is 21.3 Å². The van der Waals surface area contributed by atoms with Crippen molar-refractivity contribution in [1.29, 1.82) is 0 Å². The summed E-state index contributed by atoms with van der Waals surface area (Å²) in [5.74, 6) is 3.00. The fourth-order valence-corrected chi connectivity index (χ4v) is 6.73. The van der Waals surface area contributed by atoms with E-state index in [0.717, 1.165) is 65.9 Å². The molecule has 8 nitrogen and oxygen atoms in total. The normalized spacial score (nSPS) is 21.6. The quantitative estimate of drug-likeness (QED) is 0.355. The second-order valence-corrected chi connectivity index (χ2v) is 11.9. The van der Waals surface area contributed by atoms with E-state index in [0.29, 0.717) is 35.4 Å². The van der Waals surface area contributed by atoms with E-state index in [4.69, 9.17) is 23.7 Å². The maximum Gasteiger partial charge on any atom is 0.284 e. The topological polar surface area (TPSA) is 72.9 Å². The molecule has 4 heterocycles. The van der Waals surface area contributed by atoms with E-state index >= 15 is 0 Å². The molecule has 3 aromatic rings. The number of phenolic OH excluding ortho intramolecular Hbond substituents is 1. The second-order valence-electron chi connectivity index (χ2n) is 11.9. The summed E-state index contributed by atoms with van der Waals surface area (Å²) in [4.78, 5) is 4.64. The lowest BCUT2D eigenvalue weighted by atomic mass is 9.87. The molecule has 8 heteroatoms. The highest BCUT2D eigenvalue weighted by molar-refractivity contribution is 5.61. The van der Waals surface area contributed by atoms with Crippen molar-refractivity contribution in [2.24, 2.45) is 0 Å². The van der Waals surface area contributed by atoms with Crippen LogP contribution in [0.25, 0.3) is 0 Å². The Bertz CT molecular complexity index is 1640. The average Bonchev–Trinajstić information content (AvgIpc) is 3.05. The van der Waals surface area contributed by atoms with Crippen LogP contribution in [0, 0.1) is 0 Å². The molecule has 3 aromatic carbocycles. The Balaban J connectivity index is 1.57. The highest BCUT2D eigenvalue weighted by Gasteiger charge is 2.34. The number of rotatable bonds is 4. The van der Waals surface area contributed by atoms with Crippen molar-refractivity contribution in [2.45, 2.75) is 37.8 Å². The minimum atomic E-state index is -0.102. The predicted octanol–water partition coefficient (Wildman–Crippen LogP) is 6.58. The molecule has 0 saturated carbocycles. The third-order valence-corrected chi connectivity index (χ3v) is 9.32. The molecule has 0 aliphatic carbocycles. The lowest BCUT2D eigenvalue weighted by Gasteiger charge is -2.37. The lowest BCUT2D eigenvalue weighted by molar-refractivity contribution is 0.140. The number of benzene rings is 3. The molecule has 0 unspecified atom stereocenters. The predicted molar refractivity (Wildman–Crippen MR) is 175 cm³/mol. The van der Waals surface area contributed by atoms with Crippen molar-refractivity contribution < 1.29 is 28.8 Å². The van der Waals surface area contributed by atoms with Gasteiger partial charge in [-0.2, -0.15) is 0 Å². The molecule has 0 aromatic heterocycles. The molecular weight excluding hydrogens is 568 g/mol. The Hall–Kier alpha value is -4.40. The van der Waals surface area contributed by atoms with Crippen LogP contribution in [0.3, 0.4) is 0 Å². The van der Waals surface area contributed by atoms with Crippen LogP contribution in [0.1, 0.15) is 34.7 Å². The van der Waals surface area contributed by atoms with Crippen LogP contribution in [0.2, 0.25) is 0 Å². The monoisotopic (exact) mass is 610 g/mol. The third kappa shape index (κ3) is 6.00. The molecule has 0 spiro atoms. The number of hydrogen-bond acceptors (Lipinski definition) is 8. The number of ether oxygens (including phenoxy) is 5. The second kappa shape index (κ2) is 12.9. The van der Waals surface area contributed by atoms with E-state index < -0.39 is 0 Å². The maximum atomic E-state index is 11.6. The van der Waals surface area contributed by atoms with E-state index in [1.54, 1.807) is 21.3 Å². The van der Waals surface area contributed by atoms with Crippen LogP contribution in [-0.4, -0.2) is 69.5 Å². The molecule has 0 radical (unpaired) electrons. The number of fused-ring (bicyclic) bond motifs is 3. The molecule has 4 aliphatic heterocycles. The Morgan fingerprint density at radius 2 is 1.51 bits per heavy atom. The van der Waals surface area contributed by atoms with Crippen LogP contribution in [-0.2, 0) is 24.0 Å². The first-order valence-electron chi connectivity index (χ1n) is 15.4. The van der Waals surface area contributed by atoms with Crippen LogP contribution in [0.4, 0.5) is 0 Å². The van der Waals surface area contributed by atoms with E-state index in [1.165, 1.54) is 5.56 Å². The van der Waals surface area contributed by atoms with E-state index in [9.17, 15) is 5.11 Å². The summed E-state index contributed by atoms with van der Waals surface area (Å²) in [7, 11) is 9.05. The number of allylic oxidation sites excluding steroid dienone is 1. The summed E-state index contributed by atoms with van der Waals surface area (Å²) >= 11 is 0. The van der Waals surface area contributed by atoms with Crippen molar-refractivity contribution in [3.63, 3.8) is 0 Å². The summed E-state index contributed by atoms with van der Waals surface area (Å²) in [5.41, 5.74) is 6.42. The van der Waals surface area contributed by atoms with Crippen LogP contribution in [0.15, 0.2) is 84.4 Å². The molecule has 1 N–H and O–H groups in total. The molecule has 236 valence electrons. The van der Waals surface area contributed by atoms with Gasteiger partial charge in [0.2, 0.25) is 5.75 Å². The Kier molecular flexibility index (Phi) is 8.79. The standard InChI is InChI=1S/C37H42N2O6/c1-7-25-14-16-38(2)29-18-23-8-11-27(12-9-23)44-32-20-24(10-13-31(32)41-4)19-30-35-26(15-17-39(30)3)21-33(42-5)36(40)37(35)45-34(43-6)22-28(25)29/h7-13,20-22,29-30,40H,1,14-19H2,2-6H3/b34-22+/t29-,30-/m0/s1. The SMILES string of the molecule is C=CC1=C2/C=C(\OC)Oc3c(O)c(OC)cc4c3[C@H](Cc3ccc(OC)c(c3)Oc3ccc(cc3)C[C@@H]2N(C)CC1)N(C)CC4. The van der Waals surface area contributed by atoms with Crippen molar-refractivity contribution >= 4 is 0 Å². The lowest BCUT2D eigenvalue weighted by Crippen LogP contribution is -2.39. The van der Waals surface area contributed by atoms with Gasteiger partial charge in [-0.05, 0) is 97.9 Å². The van der Waals surface area contributed by atoms with Crippen molar-refractivity contribution in [3.05, 3.63) is 107 Å². The minimum Gasteiger partial charge on any atom is -0.502 e. The van der Waals surface area contributed by atoms with Gasteiger partial charge in [0.25, 0.3) is 5.95 Å². The van der Waals surface area contributed by atoms with Crippen molar-refractivity contribution in [3.8, 4) is 34.5 Å². The molecule has 4 aliphatic rings. The van der Waals surface area contributed by atoms with Gasteiger partial charge < -0.3 is 28.8 Å². The van der Waals surface area contributed by atoms with Crippen LogP contribution in [0.5, 0.6) is 34.5 Å². The van der Waals surface area contributed by atoms with Crippen LogP contribution < -0.4 is 18.9 Å². The number of nitrogens with zero attached hydrogens (tertiary/aromatic N) is 2. The molecule has 0 amide bonds. The first-order valence-corrected chi connectivity index (χ1v) is 15.4. The summed E-state index contributed by atoms with van der Waals surface area (Å²) in [6, 6.07) is 16.2. The Labute approximate surface area is 265 Å². The highest BCUT2D eigenvalue weighted by Crippen LogP contribution is 2.49. The highest BCUT2D eigenvalue weighted by atomic mass is 16.7. The summed E-state index contributed by atoms with van der Waals surface area (Å²) in [6.45, 7) is 5.88. The fraction of sp³-hybridized carbons (Fsp3) is 0.351. The largest absolute Gasteiger partial charge is 0.502 e. The van der Waals surface area contributed by atoms with Gasteiger partial charge in [0.1, 0.15) is 5.75 Å². The number of aromatic hydroxyl groups is 1. The molecule has 0 saturated heterocycles. The molecular formula is C37H42N2O6. The molecule has 45 heavy (non-hydrogen) atoms. The number of methoxy groups -OCH3 is 3. The van der Waals surface area contributed by atoms with Gasteiger partial charge in [0.15, 0.2) is 23.0 Å².